The van der Waals surface area contributed by atoms with Gasteiger partial charge in [-0.15, -0.1) is 70.0 Å². The number of unbranched alkanes of at least 4 members (excludes halogenated alkanes) is 1. The first kappa shape index (κ1) is 57.3. The second kappa shape index (κ2) is 26.3. The fourth-order valence-electron chi connectivity index (χ4n) is 11.3. The van der Waals surface area contributed by atoms with Crippen LogP contribution in [0.5, 0.6) is 11.5 Å². The van der Waals surface area contributed by atoms with Crippen LogP contribution in [-0.2, 0) is 41.2 Å². The van der Waals surface area contributed by atoms with Crippen LogP contribution in [-0.4, -0.2) is 38.2 Å². The van der Waals surface area contributed by atoms with E-state index in [9.17, 15) is 0 Å². The number of ether oxygens (including phenoxy) is 1. The molecular formula is C72H56IrN8OPtSi-8. The van der Waals surface area contributed by atoms with Crippen molar-refractivity contribution in [3.05, 3.63) is 305 Å². The summed E-state index contributed by atoms with van der Waals surface area (Å²) in [4.78, 5) is 22.1. The van der Waals surface area contributed by atoms with Crippen LogP contribution in [0.3, 0.4) is 0 Å². The molecule has 9 aromatic carbocycles. The van der Waals surface area contributed by atoms with Crippen molar-refractivity contribution >= 4 is 80.0 Å². The molecule has 0 saturated carbocycles. The fraction of sp³-hybridized carbons (Fsp3) is 0.0694. The molecule has 0 unspecified atom stereocenters. The molecule has 84 heavy (non-hydrogen) atoms. The Hall–Kier alpha value is -8.57. The van der Waals surface area contributed by atoms with E-state index < -0.39 is 8.07 Å². The molecule has 0 bridgehead atoms. The van der Waals surface area contributed by atoms with Crippen molar-refractivity contribution in [3.8, 4) is 22.9 Å². The molecule has 2 aromatic heterocycles. The molecule has 0 saturated heterocycles. The Kier molecular flexibility index (Phi) is 18.0. The molecule has 0 N–H and O–H groups in total. The molecule has 421 valence electrons. The zero-order valence-corrected chi connectivity index (χ0v) is 51.6. The smallest absolute Gasteiger partial charge is 0.122 e. The zero-order chi connectivity index (χ0) is 55.1. The Morgan fingerprint density at radius 1 is 0.405 bits per heavy atom. The minimum atomic E-state index is -2.61. The Balaban J connectivity index is 0.000000201. The number of pyridine rings is 2. The molecule has 0 amide bonds. The molecule has 3 aliphatic heterocycles. The quantitative estimate of drug-likeness (QED) is 0.0432. The topological polar surface area (TPSA) is 54.5 Å². The zero-order valence-electron chi connectivity index (χ0n) is 45.9. The van der Waals surface area contributed by atoms with Gasteiger partial charge in [0.2, 0.25) is 0 Å². The fourth-order valence-corrected chi connectivity index (χ4v) is 16.0. The number of hydrogen-bond donors (Lipinski definition) is 0. The molecular weight excluding hydrogens is 1410 g/mol. The Morgan fingerprint density at radius 3 is 1.44 bits per heavy atom. The standard InChI is InChI=1S/C48H40N4Si.C24H16N4O.Ir.Pt/c1-5-19-39(20-6-1)51-37-49(45-27-13-15-29-47(45)51)35-17-18-36-50-38-52(48-30-16-14-28-46(48)50)40-31-33-44(34-32-40)53(41-21-7-2-8-22-41,42-23-9-3-10-24-42)43-25-11-4-12-26-43;1-27-17-28(24-11-3-2-10-23(24)27)18-7-6-8-19(15-18)29-20-12-14-26-22(16-20)21-9-4-5-13-25-21;;/h1-16,19,21-31,33-34,37-38H,17-18,35-36H2;2-8,10-14,17H,1H3;;/q2*-4;;. The van der Waals surface area contributed by atoms with E-state index in [4.69, 9.17) is 4.74 Å². The predicted molar refractivity (Wildman–Crippen MR) is 336 cm³/mol. The van der Waals surface area contributed by atoms with Crippen LogP contribution in [0, 0.1) is 50.3 Å². The van der Waals surface area contributed by atoms with Gasteiger partial charge in [0, 0.05) is 86.8 Å². The van der Waals surface area contributed by atoms with Gasteiger partial charge in [-0.05, 0) is 81.8 Å². The largest absolute Gasteiger partial charge is 0.510 e. The van der Waals surface area contributed by atoms with Gasteiger partial charge in [-0.25, -0.2) is 6.07 Å². The Morgan fingerprint density at radius 2 is 0.893 bits per heavy atom. The van der Waals surface area contributed by atoms with Crippen LogP contribution >= 0.6 is 0 Å². The predicted octanol–water partition coefficient (Wildman–Crippen LogP) is 13.3. The third-order valence-electron chi connectivity index (χ3n) is 15.1. The van der Waals surface area contributed by atoms with Crippen molar-refractivity contribution < 1.29 is 45.9 Å². The average molecular weight is 1460 g/mol. The number of fused-ring (bicyclic) bond motifs is 3. The summed E-state index contributed by atoms with van der Waals surface area (Å²) < 4.78 is 6.01. The van der Waals surface area contributed by atoms with Crippen molar-refractivity contribution in [2.75, 3.05) is 49.5 Å². The van der Waals surface area contributed by atoms with E-state index in [1.807, 2.05) is 62.2 Å². The third kappa shape index (κ3) is 11.7. The number of aromatic nitrogens is 2. The maximum atomic E-state index is 6.01. The number of para-hydroxylation sites is 7. The molecule has 12 heteroatoms. The van der Waals surface area contributed by atoms with Crippen molar-refractivity contribution in [1.82, 2.24) is 9.97 Å². The normalized spacial score (nSPS) is 13.0. The van der Waals surface area contributed by atoms with E-state index in [1.165, 1.54) is 43.5 Å². The summed E-state index contributed by atoms with van der Waals surface area (Å²) in [7, 11) is -0.579. The van der Waals surface area contributed by atoms with Crippen LogP contribution in [0.25, 0.3) is 11.4 Å². The van der Waals surface area contributed by atoms with Crippen LogP contribution in [0.1, 0.15) is 12.8 Å². The molecule has 3 aliphatic rings. The van der Waals surface area contributed by atoms with Crippen molar-refractivity contribution in [2.24, 2.45) is 0 Å². The van der Waals surface area contributed by atoms with Crippen molar-refractivity contribution in [2.45, 2.75) is 12.8 Å². The van der Waals surface area contributed by atoms with Gasteiger partial charge in [0.1, 0.15) is 8.07 Å². The van der Waals surface area contributed by atoms with E-state index in [2.05, 4.69) is 265 Å². The van der Waals surface area contributed by atoms with Gasteiger partial charge >= 0.3 is 0 Å². The maximum absolute atomic E-state index is 6.01. The summed E-state index contributed by atoms with van der Waals surface area (Å²) in [6.07, 6.45) is 5.50. The number of hydrogen-bond acceptors (Lipinski definition) is 9. The van der Waals surface area contributed by atoms with Gasteiger partial charge in [0.15, 0.2) is 0 Å². The first-order chi connectivity index (χ1) is 40.6. The SMILES string of the molecule is CN1[CH-]N(c2[c-]c(Oc3[c-]c(-c4[c-]cccn4)ncc3)ccc2)c2ccccc21.[Ir].[Pt].[c-]1ccccc1N1[CH-]N(CCCCN2[CH-]N(c3[c-]cc([Si](c4ccccc4)(c4ccccc4)c4ccccc4)cc3)c3ccccc32)c2ccccc21. The molecule has 0 spiro atoms. The van der Waals surface area contributed by atoms with E-state index in [-0.39, 0.29) is 41.2 Å². The van der Waals surface area contributed by atoms with Gasteiger partial charge in [0.25, 0.3) is 0 Å². The molecule has 11 aromatic rings. The van der Waals surface area contributed by atoms with E-state index in [1.54, 1.807) is 24.5 Å². The van der Waals surface area contributed by atoms with E-state index in [0.29, 0.717) is 22.9 Å². The summed E-state index contributed by atoms with van der Waals surface area (Å²) >= 11 is 0. The van der Waals surface area contributed by atoms with Crippen LogP contribution in [0.15, 0.2) is 255 Å². The van der Waals surface area contributed by atoms with Crippen LogP contribution < -0.4 is 54.9 Å². The Bertz CT molecular complexity index is 3810. The van der Waals surface area contributed by atoms with Gasteiger partial charge in [-0.2, -0.15) is 86.7 Å². The van der Waals surface area contributed by atoms with E-state index in [0.717, 1.165) is 54.4 Å². The van der Waals surface area contributed by atoms with Crippen molar-refractivity contribution in [3.63, 3.8) is 0 Å². The molecule has 14 rings (SSSR count). The molecule has 0 fully saturated rings. The summed E-state index contributed by atoms with van der Waals surface area (Å²) in [5.41, 5.74) is 11.3. The summed E-state index contributed by atoms with van der Waals surface area (Å²) in [6.45, 7) is 8.40. The summed E-state index contributed by atoms with van der Waals surface area (Å²) in [5.74, 6) is 1.15. The molecule has 0 atom stereocenters. The van der Waals surface area contributed by atoms with Gasteiger partial charge in [-0.1, -0.05) is 143 Å². The van der Waals surface area contributed by atoms with Gasteiger partial charge in [-0.3, -0.25) is 0 Å². The van der Waals surface area contributed by atoms with Gasteiger partial charge in [0.05, 0.1) is 0 Å². The number of benzene rings is 9. The third-order valence-corrected chi connectivity index (χ3v) is 19.8. The first-order valence-electron chi connectivity index (χ1n) is 27.6. The second-order valence-electron chi connectivity index (χ2n) is 20.1. The number of nitrogens with zero attached hydrogens (tertiary/aromatic N) is 8. The van der Waals surface area contributed by atoms with Crippen LogP contribution in [0.4, 0.5) is 51.2 Å². The summed E-state index contributed by atoms with van der Waals surface area (Å²) in [5, 5.41) is 5.41. The second-order valence-corrected chi connectivity index (χ2v) is 23.9. The first-order valence-corrected chi connectivity index (χ1v) is 29.6. The minimum absolute atomic E-state index is 0. The van der Waals surface area contributed by atoms with E-state index >= 15 is 0 Å². The minimum Gasteiger partial charge on any atom is -0.510 e. The monoisotopic (exact) mass is 1460 g/mol. The summed E-state index contributed by atoms with van der Waals surface area (Å²) in [6, 6.07) is 102. The average Bonchev–Trinajstić information content (AvgIpc) is 2.14. The molecule has 5 heterocycles. The van der Waals surface area contributed by atoms with Gasteiger partial charge < -0.3 is 44.1 Å². The number of anilines is 9. The number of rotatable bonds is 15. The molecule has 1 radical (unpaired) electrons. The van der Waals surface area contributed by atoms with Crippen LogP contribution in [0.2, 0.25) is 0 Å². The molecule has 9 nitrogen and oxygen atoms in total. The molecule has 0 aliphatic carbocycles. The van der Waals surface area contributed by atoms with Crippen molar-refractivity contribution in [1.29, 1.82) is 0 Å². The Labute approximate surface area is 522 Å². The maximum Gasteiger partial charge on any atom is 0.122 e.